The smallest absolute Gasteiger partial charge is 0.340 e. The maximum absolute atomic E-state index is 11.6. The van der Waals surface area contributed by atoms with E-state index >= 15 is 0 Å². The third kappa shape index (κ3) is 2.65. The minimum Gasteiger partial charge on any atom is -0.463 e. The maximum atomic E-state index is 11.6. The van der Waals surface area contributed by atoms with Crippen LogP contribution in [-0.4, -0.2) is 36.5 Å². The van der Waals surface area contributed by atoms with Gasteiger partial charge in [0.25, 0.3) is 0 Å². The first-order valence-corrected chi connectivity index (χ1v) is 7.42. The molecule has 0 aromatic heterocycles. The number of hydrogen-bond donors (Lipinski definition) is 0. The summed E-state index contributed by atoms with van der Waals surface area (Å²) in [4.78, 5) is 11.6. The first kappa shape index (κ1) is 13.4. The van der Waals surface area contributed by atoms with Gasteiger partial charge in [-0.25, -0.2) is 4.79 Å². The molecular weight excluding hydrogens is 244 g/mol. The van der Waals surface area contributed by atoms with E-state index in [9.17, 15) is 4.79 Å². The fraction of sp³-hybridized carbons (Fsp3) is 0.933. The van der Waals surface area contributed by atoms with Crippen LogP contribution in [0.5, 0.6) is 0 Å². The van der Waals surface area contributed by atoms with Crippen LogP contribution in [0.15, 0.2) is 0 Å². The molecule has 0 amide bonds. The molecule has 19 heavy (non-hydrogen) atoms. The minimum absolute atomic E-state index is 0.195. The van der Waals surface area contributed by atoms with Crippen molar-refractivity contribution in [3.8, 4) is 0 Å². The second-order valence-corrected chi connectivity index (χ2v) is 6.88. The summed E-state index contributed by atoms with van der Waals surface area (Å²) in [6, 6.07) is 0. The number of ether oxygens (including phenoxy) is 3. The van der Waals surface area contributed by atoms with Crippen molar-refractivity contribution in [2.75, 3.05) is 13.2 Å². The highest BCUT2D eigenvalue weighted by atomic mass is 16.6. The summed E-state index contributed by atoms with van der Waals surface area (Å²) in [5.41, 5.74) is -0.446. The average molecular weight is 268 g/mol. The largest absolute Gasteiger partial charge is 0.463 e. The summed E-state index contributed by atoms with van der Waals surface area (Å²) in [6.07, 6.45) is 5.01. The number of carbonyl (C=O) groups is 1. The van der Waals surface area contributed by atoms with Gasteiger partial charge in [-0.15, -0.1) is 0 Å². The zero-order valence-electron chi connectivity index (χ0n) is 12.1. The highest BCUT2D eigenvalue weighted by molar-refractivity contribution is 5.81. The van der Waals surface area contributed by atoms with Gasteiger partial charge >= 0.3 is 5.97 Å². The second kappa shape index (κ2) is 4.45. The van der Waals surface area contributed by atoms with Gasteiger partial charge in [0.15, 0.2) is 5.60 Å². The molecule has 0 bridgehead atoms. The predicted molar refractivity (Wildman–Crippen MR) is 69.7 cm³/mol. The predicted octanol–water partition coefficient (Wildman–Crippen LogP) is 2.30. The highest BCUT2D eigenvalue weighted by Crippen LogP contribution is 2.51. The Labute approximate surface area is 114 Å². The molecule has 4 nitrogen and oxygen atoms in total. The number of hydrogen-bond acceptors (Lipinski definition) is 4. The quantitative estimate of drug-likeness (QED) is 0.567. The molecule has 3 aliphatic rings. The molecule has 2 aliphatic heterocycles. The fourth-order valence-corrected chi connectivity index (χ4v) is 3.14. The van der Waals surface area contributed by atoms with Gasteiger partial charge < -0.3 is 14.2 Å². The lowest BCUT2D eigenvalue weighted by atomic mass is 9.76. The number of epoxide rings is 2. The molecule has 108 valence electrons. The molecule has 4 heteroatoms. The zero-order chi connectivity index (χ0) is 13.7. The van der Waals surface area contributed by atoms with Gasteiger partial charge in [0, 0.05) is 0 Å². The van der Waals surface area contributed by atoms with E-state index in [0.29, 0.717) is 31.2 Å². The van der Waals surface area contributed by atoms with Crippen molar-refractivity contribution in [1.82, 2.24) is 0 Å². The van der Waals surface area contributed by atoms with Crippen LogP contribution < -0.4 is 0 Å². The summed E-state index contributed by atoms with van der Waals surface area (Å²) in [7, 11) is 0. The van der Waals surface area contributed by atoms with Crippen LogP contribution >= 0.6 is 0 Å². The second-order valence-electron chi connectivity index (χ2n) is 6.88. The van der Waals surface area contributed by atoms with Crippen molar-refractivity contribution < 1.29 is 19.0 Å². The molecule has 5 unspecified atom stereocenters. The standard InChI is InChI=1S/C15H24O4/c1-10(5-7-17-13(16)15(3)9-18-15)11-4-6-14(2)12(8-11)19-14/h10-12H,4-9H2,1-3H3. The molecular formula is C15H24O4. The Morgan fingerprint density at radius 3 is 2.84 bits per heavy atom. The molecule has 0 radical (unpaired) electrons. The SMILES string of the molecule is CC(CCOC(=O)C1(C)CO1)C1CCC2(C)OC2C1. The van der Waals surface area contributed by atoms with E-state index in [0.717, 1.165) is 6.42 Å². The van der Waals surface area contributed by atoms with Crippen LogP contribution in [-0.2, 0) is 19.0 Å². The van der Waals surface area contributed by atoms with E-state index < -0.39 is 5.60 Å². The Bertz CT molecular complexity index is 376. The molecule has 1 aliphatic carbocycles. The van der Waals surface area contributed by atoms with Crippen molar-refractivity contribution in [1.29, 1.82) is 0 Å². The maximum Gasteiger partial charge on any atom is 0.340 e. The molecule has 2 heterocycles. The summed E-state index contributed by atoms with van der Waals surface area (Å²) >= 11 is 0. The number of esters is 1. The number of fused-ring (bicyclic) bond motifs is 1. The molecule has 5 atom stereocenters. The van der Waals surface area contributed by atoms with E-state index in [2.05, 4.69) is 13.8 Å². The Kier molecular flexibility index (Phi) is 3.13. The van der Waals surface area contributed by atoms with Gasteiger partial charge in [0.1, 0.15) is 0 Å². The fourth-order valence-electron chi connectivity index (χ4n) is 3.14. The molecule has 1 saturated carbocycles. The van der Waals surface area contributed by atoms with Gasteiger partial charge in [0.05, 0.1) is 24.9 Å². The first-order chi connectivity index (χ1) is 8.93. The lowest BCUT2D eigenvalue weighted by molar-refractivity contribution is -0.149. The van der Waals surface area contributed by atoms with Crippen molar-refractivity contribution in [2.45, 2.75) is 63.8 Å². The zero-order valence-corrected chi connectivity index (χ0v) is 12.1. The number of rotatable bonds is 5. The summed E-state index contributed by atoms with van der Waals surface area (Å²) in [6.45, 7) is 7.28. The molecule has 0 aromatic carbocycles. The van der Waals surface area contributed by atoms with E-state index in [-0.39, 0.29) is 11.6 Å². The summed E-state index contributed by atoms with van der Waals surface area (Å²) in [5, 5.41) is 0. The van der Waals surface area contributed by atoms with Gasteiger partial charge in [-0.1, -0.05) is 6.92 Å². The van der Waals surface area contributed by atoms with E-state index in [4.69, 9.17) is 14.2 Å². The van der Waals surface area contributed by atoms with E-state index in [1.54, 1.807) is 6.92 Å². The summed E-state index contributed by atoms with van der Waals surface area (Å²) < 4.78 is 16.1. The van der Waals surface area contributed by atoms with Gasteiger partial charge in [-0.05, 0) is 51.4 Å². The third-order valence-electron chi connectivity index (χ3n) is 5.18. The molecule has 3 rings (SSSR count). The third-order valence-corrected chi connectivity index (χ3v) is 5.18. The van der Waals surface area contributed by atoms with Crippen LogP contribution in [0, 0.1) is 11.8 Å². The lowest BCUT2D eigenvalue weighted by Gasteiger charge is -2.27. The first-order valence-electron chi connectivity index (χ1n) is 7.42. The van der Waals surface area contributed by atoms with Crippen LogP contribution in [0.1, 0.15) is 46.5 Å². The normalized spacial score (nSPS) is 45.2. The Morgan fingerprint density at radius 2 is 2.21 bits per heavy atom. The molecule has 0 aromatic rings. The van der Waals surface area contributed by atoms with Crippen LogP contribution in [0.2, 0.25) is 0 Å². The number of carbonyl (C=O) groups excluding carboxylic acids is 1. The Hall–Kier alpha value is -0.610. The van der Waals surface area contributed by atoms with E-state index in [1.165, 1.54) is 19.3 Å². The van der Waals surface area contributed by atoms with Crippen molar-refractivity contribution in [3.63, 3.8) is 0 Å². The van der Waals surface area contributed by atoms with Crippen LogP contribution in [0.25, 0.3) is 0 Å². The van der Waals surface area contributed by atoms with Crippen molar-refractivity contribution in [3.05, 3.63) is 0 Å². The average Bonchev–Trinajstić information content (AvgIpc) is 3.25. The lowest BCUT2D eigenvalue weighted by Crippen LogP contribution is -2.27. The minimum atomic E-state index is -0.641. The van der Waals surface area contributed by atoms with Crippen LogP contribution in [0.4, 0.5) is 0 Å². The monoisotopic (exact) mass is 268 g/mol. The summed E-state index contributed by atoms with van der Waals surface area (Å²) in [5.74, 6) is 1.10. The topological polar surface area (TPSA) is 51.4 Å². The van der Waals surface area contributed by atoms with Crippen molar-refractivity contribution >= 4 is 5.97 Å². The highest BCUT2D eigenvalue weighted by Gasteiger charge is 2.55. The molecule has 3 fully saturated rings. The van der Waals surface area contributed by atoms with Crippen molar-refractivity contribution in [2.24, 2.45) is 11.8 Å². The van der Waals surface area contributed by atoms with Gasteiger partial charge in [-0.2, -0.15) is 0 Å². The van der Waals surface area contributed by atoms with E-state index in [1.807, 2.05) is 0 Å². The van der Waals surface area contributed by atoms with Gasteiger partial charge in [-0.3, -0.25) is 0 Å². The molecule has 0 N–H and O–H groups in total. The van der Waals surface area contributed by atoms with Gasteiger partial charge in [0.2, 0.25) is 0 Å². The molecule has 0 spiro atoms. The van der Waals surface area contributed by atoms with Crippen LogP contribution in [0.3, 0.4) is 0 Å². The molecule has 2 saturated heterocycles. The Morgan fingerprint density at radius 1 is 1.47 bits per heavy atom. The Balaban J connectivity index is 1.37.